The molecule has 0 heterocycles. The average molecular weight is 166 g/mol. The molecule has 0 radical (unpaired) electrons. The Bertz CT molecular complexity index is 107. The van der Waals surface area contributed by atoms with Gasteiger partial charge in [-0.15, -0.1) is 12.4 Å². The number of nitrogens with one attached hydrogen (secondary N) is 1. The van der Waals surface area contributed by atoms with Gasteiger partial charge in [-0.25, -0.2) is 0 Å². The minimum atomic E-state index is -0.129. The van der Waals surface area contributed by atoms with E-state index < -0.39 is 0 Å². The van der Waals surface area contributed by atoms with Crippen LogP contribution in [0.5, 0.6) is 0 Å². The van der Waals surface area contributed by atoms with Gasteiger partial charge < -0.3 is 4.74 Å². The Balaban J connectivity index is 0. The Hall–Kier alpha value is -0.240. The molecule has 3 heteroatoms. The van der Waals surface area contributed by atoms with Crippen LogP contribution in [0.25, 0.3) is 0 Å². The van der Waals surface area contributed by atoms with Crippen LogP contribution in [0.15, 0.2) is 0 Å². The summed E-state index contributed by atoms with van der Waals surface area (Å²) in [6.45, 7) is 8.37. The van der Waals surface area contributed by atoms with E-state index in [0.29, 0.717) is 12.5 Å². The van der Waals surface area contributed by atoms with E-state index in [9.17, 15) is 0 Å². The van der Waals surface area contributed by atoms with Gasteiger partial charge in [0.05, 0.1) is 6.61 Å². The van der Waals surface area contributed by atoms with Crippen molar-refractivity contribution in [1.29, 1.82) is 5.41 Å². The molecule has 0 unspecified atom stereocenters. The van der Waals surface area contributed by atoms with Gasteiger partial charge in [0.25, 0.3) is 0 Å². The number of halogens is 1. The molecule has 0 saturated heterocycles. The maximum absolute atomic E-state index is 7.32. The fourth-order valence-corrected chi connectivity index (χ4v) is 0.361. The van der Waals surface area contributed by atoms with Crippen LogP contribution in [0.3, 0.4) is 0 Å². The van der Waals surface area contributed by atoms with Gasteiger partial charge in [-0.1, -0.05) is 20.8 Å². The zero-order chi connectivity index (χ0) is 7.49. The van der Waals surface area contributed by atoms with Crippen LogP contribution in [0, 0.1) is 10.8 Å². The van der Waals surface area contributed by atoms with E-state index in [2.05, 4.69) is 0 Å². The first-order valence-corrected chi connectivity index (χ1v) is 3.20. The lowest BCUT2D eigenvalue weighted by Crippen LogP contribution is -2.21. The summed E-state index contributed by atoms with van der Waals surface area (Å²) < 4.78 is 4.99. The highest BCUT2D eigenvalue weighted by Crippen LogP contribution is 2.14. The molecule has 1 N–H and O–H groups in total. The van der Waals surface area contributed by atoms with E-state index in [4.69, 9.17) is 10.1 Å². The highest BCUT2D eigenvalue weighted by Gasteiger charge is 2.17. The first kappa shape index (κ1) is 12.4. The van der Waals surface area contributed by atoms with Gasteiger partial charge in [0.2, 0.25) is 0 Å². The van der Waals surface area contributed by atoms with Crippen LogP contribution in [-0.4, -0.2) is 12.5 Å². The molecule has 0 spiro atoms. The quantitative estimate of drug-likeness (QED) is 0.470. The maximum atomic E-state index is 7.32. The van der Waals surface area contributed by atoms with Crippen LogP contribution in [0.4, 0.5) is 0 Å². The van der Waals surface area contributed by atoms with Gasteiger partial charge in [0, 0.05) is 5.41 Å². The molecule has 0 atom stereocenters. The van der Waals surface area contributed by atoms with Gasteiger partial charge >= 0.3 is 0 Å². The van der Waals surface area contributed by atoms with E-state index >= 15 is 0 Å². The highest BCUT2D eigenvalue weighted by molar-refractivity contribution is 5.85. The Morgan fingerprint density at radius 1 is 1.40 bits per heavy atom. The molecule has 0 aromatic rings. The fraction of sp³-hybridized carbons (Fsp3) is 0.857. The van der Waals surface area contributed by atoms with Crippen LogP contribution in [0.2, 0.25) is 0 Å². The summed E-state index contributed by atoms with van der Waals surface area (Å²) in [5.74, 6) is 0.366. The topological polar surface area (TPSA) is 33.1 Å². The third-order valence-corrected chi connectivity index (χ3v) is 0.970. The number of ether oxygens (including phenoxy) is 1. The van der Waals surface area contributed by atoms with E-state index in [0.717, 1.165) is 0 Å². The summed E-state index contributed by atoms with van der Waals surface area (Å²) in [7, 11) is 0. The standard InChI is InChI=1S/C7H15NO.ClH/c1-5-9-6(8)7(2,3)4;/h8H,5H2,1-4H3;1H. The molecule has 0 aromatic carbocycles. The second-order valence-corrected chi connectivity index (χ2v) is 3.01. The van der Waals surface area contributed by atoms with Crippen molar-refractivity contribution in [1.82, 2.24) is 0 Å². The molecule has 0 fully saturated rings. The molecule has 0 aliphatic carbocycles. The molecule has 0 amide bonds. The second kappa shape index (κ2) is 4.56. The molecule has 0 rings (SSSR count). The third-order valence-electron chi connectivity index (χ3n) is 0.970. The van der Waals surface area contributed by atoms with Gasteiger partial charge in [0.1, 0.15) is 0 Å². The summed E-state index contributed by atoms with van der Waals surface area (Å²) in [5.41, 5.74) is -0.129. The van der Waals surface area contributed by atoms with Crippen molar-refractivity contribution in [3.05, 3.63) is 0 Å². The van der Waals surface area contributed by atoms with Crippen molar-refractivity contribution in [3.8, 4) is 0 Å². The predicted molar refractivity (Wildman–Crippen MR) is 46.1 cm³/mol. The Morgan fingerprint density at radius 3 is 1.90 bits per heavy atom. The Kier molecular flexibility index (Phi) is 5.67. The molecule has 0 aromatic heterocycles. The smallest absolute Gasteiger partial charge is 0.185 e. The van der Waals surface area contributed by atoms with Gasteiger partial charge in [0.15, 0.2) is 5.90 Å². The van der Waals surface area contributed by atoms with Crippen molar-refractivity contribution in [2.75, 3.05) is 6.61 Å². The lowest BCUT2D eigenvalue weighted by Gasteiger charge is -2.18. The van der Waals surface area contributed by atoms with E-state index in [-0.39, 0.29) is 17.8 Å². The van der Waals surface area contributed by atoms with Crippen LogP contribution >= 0.6 is 12.4 Å². The first-order valence-electron chi connectivity index (χ1n) is 3.20. The molecular formula is C7H16ClNO. The average Bonchev–Trinajstić information content (AvgIpc) is 1.64. The molecule has 0 aliphatic heterocycles. The van der Waals surface area contributed by atoms with Crippen molar-refractivity contribution >= 4 is 18.3 Å². The maximum Gasteiger partial charge on any atom is 0.185 e. The summed E-state index contributed by atoms with van der Waals surface area (Å²) in [5, 5.41) is 7.32. The van der Waals surface area contributed by atoms with Crippen molar-refractivity contribution in [2.45, 2.75) is 27.7 Å². The van der Waals surface area contributed by atoms with E-state index in [1.807, 2.05) is 27.7 Å². The summed E-state index contributed by atoms with van der Waals surface area (Å²) in [4.78, 5) is 0. The summed E-state index contributed by atoms with van der Waals surface area (Å²) in [6, 6.07) is 0. The number of rotatable bonds is 1. The van der Waals surface area contributed by atoms with Gasteiger partial charge in [-0.2, -0.15) is 0 Å². The zero-order valence-corrected chi connectivity index (χ0v) is 7.84. The normalized spacial score (nSPS) is 10.0. The minimum Gasteiger partial charge on any atom is -0.481 e. The highest BCUT2D eigenvalue weighted by atomic mass is 35.5. The lowest BCUT2D eigenvalue weighted by molar-refractivity contribution is 0.276. The van der Waals surface area contributed by atoms with Crippen molar-refractivity contribution < 1.29 is 4.74 Å². The molecular weight excluding hydrogens is 150 g/mol. The van der Waals surface area contributed by atoms with Gasteiger partial charge in [-0.3, -0.25) is 5.41 Å². The molecule has 10 heavy (non-hydrogen) atoms. The monoisotopic (exact) mass is 165 g/mol. The van der Waals surface area contributed by atoms with E-state index in [1.165, 1.54) is 0 Å². The predicted octanol–water partition coefficient (Wildman–Crippen LogP) is 2.47. The first-order chi connectivity index (χ1) is 3.98. The number of hydrogen-bond acceptors (Lipinski definition) is 2. The number of hydrogen-bond donors (Lipinski definition) is 1. The molecule has 2 nitrogen and oxygen atoms in total. The van der Waals surface area contributed by atoms with Crippen LogP contribution in [-0.2, 0) is 4.74 Å². The zero-order valence-electron chi connectivity index (χ0n) is 7.02. The fourth-order valence-electron chi connectivity index (χ4n) is 0.361. The molecule has 0 saturated carbocycles. The van der Waals surface area contributed by atoms with Crippen molar-refractivity contribution in [2.24, 2.45) is 5.41 Å². The molecule has 62 valence electrons. The molecule has 0 bridgehead atoms. The summed E-state index contributed by atoms with van der Waals surface area (Å²) in [6.07, 6.45) is 0. The van der Waals surface area contributed by atoms with Crippen LogP contribution in [0.1, 0.15) is 27.7 Å². The molecule has 0 aliphatic rings. The van der Waals surface area contributed by atoms with Crippen molar-refractivity contribution in [3.63, 3.8) is 0 Å². The largest absolute Gasteiger partial charge is 0.481 e. The summed E-state index contributed by atoms with van der Waals surface area (Å²) >= 11 is 0. The van der Waals surface area contributed by atoms with Crippen LogP contribution < -0.4 is 0 Å². The van der Waals surface area contributed by atoms with E-state index in [1.54, 1.807) is 0 Å². The Morgan fingerprint density at radius 2 is 1.80 bits per heavy atom. The SMILES string of the molecule is CCOC(=N)C(C)(C)C.Cl. The lowest BCUT2D eigenvalue weighted by atomic mass is 9.97. The third kappa shape index (κ3) is 4.62. The Labute approximate surface area is 68.9 Å². The van der Waals surface area contributed by atoms with Gasteiger partial charge in [-0.05, 0) is 6.92 Å². The minimum absolute atomic E-state index is 0. The second-order valence-electron chi connectivity index (χ2n) is 3.01.